The van der Waals surface area contributed by atoms with Crippen molar-refractivity contribution in [3.05, 3.63) is 59.7 Å². The SMILES string of the molecule is CCCCC(=O)N(Cc1ccc(OC)cc1)c1cccc(C#N)c1. The van der Waals surface area contributed by atoms with E-state index in [1.54, 1.807) is 24.1 Å². The second kappa shape index (κ2) is 8.73. The molecule has 0 saturated carbocycles. The van der Waals surface area contributed by atoms with E-state index in [2.05, 4.69) is 13.0 Å². The Balaban J connectivity index is 2.27. The van der Waals surface area contributed by atoms with Crippen LogP contribution in [0.15, 0.2) is 48.5 Å². The molecule has 2 rings (SSSR count). The summed E-state index contributed by atoms with van der Waals surface area (Å²) >= 11 is 0. The molecule has 0 atom stereocenters. The highest BCUT2D eigenvalue weighted by atomic mass is 16.5. The minimum Gasteiger partial charge on any atom is -0.497 e. The third-order valence-corrected chi connectivity index (χ3v) is 3.83. The molecule has 2 aromatic carbocycles. The van der Waals surface area contributed by atoms with Gasteiger partial charge in [0, 0.05) is 12.1 Å². The molecule has 0 N–H and O–H groups in total. The summed E-state index contributed by atoms with van der Waals surface area (Å²) in [6.07, 6.45) is 2.33. The number of nitriles is 1. The van der Waals surface area contributed by atoms with Crippen LogP contribution >= 0.6 is 0 Å². The van der Waals surface area contributed by atoms with Gasteiger partial charge >= 0.3 is 0 Å². The first-order valence-electron chi connectivity index (χ1n) is 8.11. The molecule has 0 saturated heterocycles. The molecule has 24 heavy (non-hydrogen) atoms. The Labute approximate surface area is 143 Å². The molecular weight excluding hydrogens is 300 g/mol. The van der Waals surface area contributed by atoms with E-state index in [1.807, 2.05) is 36.4 Å². The number of carbonyl (C=O) groups is 1. The summed E-state index contributed by atoms with van der Waals surface area (Å²) in [7, 11) is 1.63. The number of hydrogen-bond donors (Lipinski definition) is 0. The lowest BCUT2D eigenvalue weighted by Crippen LogP contribution is -2.30. The Hall–Kier alpha value is -2.80. The van der Waals surface area contributed by atoms with E-state index in [1.165, 1.54) is 0 Å². The summed E-state index contributed by atoms with van der Waals surface area (Å²) in [5.41, 5.74) is 2.32. The van der Waals surface area contributed by atoms with Crippen LogP contribution in [0.4, 0.5) is 5.69 Å². The Morgan fingerprint density at radius 3 is 2.58 bits per heavy atom. The lowest BCUT2D eigenvalue weighted by atomic mass is 10.1. The Bertz CT molecular complexity index is 717. The van der Waals surface area contributed by atoms with Crippen LogP contribution in [-0.4, -0.2) is 13.0 Å². The number of nitrogens with zero attached hydrogens (tertiary/aromatic N) is 2. The van der Waals surface area contributed by atoms with E-state index in [-0.39, 0.29) is 5.91 Å². The van der Waals surface area contributed by atoms with Gasteiger partial charge in [-0.2, -0.15) is 5.26 Å². The second-order valence-electron chi connectivity index (χ2n) is 5.59. The van der Waals surface area contributed by atoms with Gasteiger partial charge in [0.2, 0.25) is 5.91 Å². The number of unbranched alkanes of at least 4 members (excludes halogenated alkanes) is 1. The maximum atomic E-state index is 12.6. The van der Waals surface area contributed by atoms with Crippen molar-refractivity contribution in [2.24, 2.45) is 0 Å². The zero-order valence-electron chi connectivity index (χ0n) is 14.2. The zero-order chi connectivity index (χ0) is 17.4. The van der Waals surface area contributed by atoms with E-state index in [9.17, 15) is 4.79 Å². The fourth-order valence-corrected chi connectivity index (χ4v) is 2.44. The van der Waals surface area contributed by atoms with Crippen LogP contribution in [0.2, 0.25) is 0 Å². The van der Waals surface area contributed by atoms with Crippen molar-refractivity contribution in [2.75, 3.05) is 12.0 Å². The van der Waals surface area contributed by atoms with Crippen LogP contribution in [0.25, 0.3) is 0 Å². The van der Waals surface area contributed by atoms with Crippen LogP contribution in [0, 0.1) is 11.3 Å². The minimum absolute atomic E-state index is 0.0720. The van der Waals surface area contributed by atoms with Gasteiger partial charge in [0.25, 0.3) is 0 Å². The molecule has 0 aromatic heterocycles. The highest BCUT2D eigenvalue weighted by molar-refractivity contribution is 5.93. The summed E-state index contributed by atoms with van der Waals surface area (Å²) in [6.45, 7) is 2.54. The van der Waals surface area contributed by atoms with Crippen molar-refractivity contribution < 1.29 is 9.53 Å². The summed E-state index contributed by atoms with van der Waals surface area (Å²) in [5, 5.41) is 9.10. The summed E-state index contributed by atoms with van der Waals surface area (Å²) < 4.78 is 5.17. The number of hydrogen-bond acceptors (Lipinski definition) is 3. The Kier molecular flexibility index (Phi) is 6.39. The van der Waals surface area contributed by atoms with E-state index in [4.69, 9.17) is 10.00 Å². The largest absolute Gasteiger partial charge is 0.497 e. The fourth-order valence-electron chi connectivity index (χ4n) is 2.44. The van der Waals surface area contributed by atoms with Gasteiger partial charge in [0.15, 0.2) is 0 Å². The average Bonchev–Trinajstić information content (AvgIpc) is 2.64. The van der Waals surface area contributed by atoms with Crippen LogP contribution in [0.3, 0.4) is 0 Å². The molecule has 0 radical (unpaired) electrons. The quantitative estimate of drug-likeness (QED) is 0.764. The molecule has 0 spiro atoms. The second-order valence-corrected chi connectivity index (χ2v) is 5.59. The standard InChI is InChI=1S/C20H22N2O2/c1-3-4-8-20(23)22(18-7-5-6-17(13-18)14-21)15-16-9-11-19(24-2)12-10-16/h5-7,9-13H,3-4,8,15H2,1-2H3. The number of methoxy groups -OCH3 is 1. The fraction of sp³-hybridized carbons (Fsp3) is 0.300. The van der Waals surface area contributed by atoms with Crippen molar-refractivity contribution in [3.8, 4) is 11.8 Å². The topological polar surface area (TPSA) is 53.3 Å². The van der Waals surface area contributed by atoms with E-state index in [0.29, 0.717) is 18.5 Å². The van der Waals surface area contributed by atoms with Gasteiger partial charge < -0.3 is 9.64 Å². The van der Waals surface area contributed by atoms with Crippen LogP contribution < -0.4 is 9.64 Å². The molecule has 124 valence electrons. The van der Waals surface area contributed by atoms with Gasteiger partial charge in [0.05, 0.1) is 25.3 Å². The van der Waals surface area contributed by atoms with E-state index >= 15 is 0 Å². The van der Waals surface area contributed by atoms with Crippen molar-refractivity contribution in [1.82, 2.24) is 0 Å². The lowest BCUT2D eigenvalue weighted by molar-refractivity contribution is -0.118. The number of benzene rings is 2. The molecule has 0 fully saturated rings. The van der Waals surface area contributed by atoms with Crippen molar-refractivity contribution in [3.63, 3.8) is 0 Å². The highest BCUT2D eigenvalue weighted by Gasteiger charge is 2.16. The number of ether oxygens (including phenoxy) is 1. The molecule has 0 bridgehead atoms. The molecular formula is C20H22N2O2. The first kappa shape index (κ1) is 17.6. The molecule has 0 aliphatic carbocycles. The third kappa shape index (κ3) is 4.60. The first-order chi connectivity index (χ1) is 11.7. The molecule has 4 heteroatoms. The van der Waals surface area contributed by atoms with Gasteiger partial charge in [-0.3, -0.25) is 4.79 Å². The number of rotatable bonds is 7. The van der Waals surface area contributed by atoms with E-state index in [0.717, 1.165) is 29.8 Å². The monoisotopic (exact) mass is 322 g/mol. The Morgan fingerprint density at radius 1 is 1.21 bits per heavy atom. The normalized spacial score (nSPS) is 10.0. The van der Waals surface area contributed by atoms with Crippen LogP contribution in [0.1, 0.15) is 37.3 Å². The Morgan fingerprint density at radius 2 is 1.96 bits per heavy atom. The van der Waals surface area contributed by atoms with Crippen LogP contribution in [-0.2, 0) is 11.3 Å². The van der Waals surface area contributed by atoms with Gasteiger partial charge in [-0.15, -0.1) is 0 Å². The third-order valence-electron chi connectivity index (χ3n) is 3.83. The molecule has 4 nitrogen and oxygen atoms in total. The molecule has 2 aromatic rings. The number of carbonyl (C=O) groups excluding carboxylic acids is 1. The minimum atomic E-state index is 0.0720. The van der Waals surface area contributed by atoms with Gasteiger partial charge in [-0.1, -0.05) is 31.5 Å². The average molecular weight is 322 g/mol. The smallest absolute Gasteiger partial charge is 0.227 e. The molecule has 0 aliphatic heterocycles. The van der Waals surface area contributed by atoms with Gasteiger partial charge in [0.1, 0.15) is 5.75 Å². The summed E-state index contributed by atoms with van der Waals surface area (Å²) in [5.74, 6) is 0.858. The first-order valence-corrected chi connectivity index (χ1v) is 8.11. The highest BCUT2D eigenvalue weighted by Crippen LogP contribution is 2.21. The predicted octanol–water partition coefficient (Wildman–Crippen LogP) is 4.29. The summed E-state index contributed by atoms with van der Waals surface area (Å²) in [4.78, 5) is 14.4. The molecule has 0 aliphatic rings. The van der Waals surface area contributed by atoms with Crippen molar-refractivity contribution in [1.29, 1.82) is 5.26 Å². The molecule has 0 unspecified atom stereocenters. The van der Waals surface area contributed by atoms with Crippen molar-refractivity contribution >= 4 is 11.6 Å². The van der Waals surface area contributed by atoms with Gasteiger partial charge in [-0.05, 0) is 42.3 Å². The lowest BCUT2D eigenvalue weighted by Gasteiger charge is -2.23. The predicted molar refractivity (Wildman–Crippen MR) is 94.9 cm³/mol. The maximum absolute atomic E-state index is 12.6. The number of anilines is 1. The van der Waals surface area contributed by atoms with Crippen LogP contribution in [0.5, 0.6) is 5.75 Å². The maximum Gasteiger partial charge on any atom is 0.227 e. The van der Waals surface area contributed by atoms with Crippen molar-refractivity contribution in [2.45, 2.75) is 32.7 Å². The van der Waals surface area contributed by atoms with E-state index < -0.39 is 0 Å². The molecule has 0 heterocycles. The molecule has 1 amide bonds. The summed E-state index contributed by atoms with van der Waals surface area (Å²) in [6, 6.07) is 17.0. The van der Waals surface area contributed by atoms with Gasteiger partial charge in [-0.25, -0.2) is 0 Å². The zero-order valence-corrected chi connectivity index (χ0v) is 14.2. The number of amides is 1.